The maximum atomic E-state index is 14.4. The van der Waals surface area contributed by atoms with Crippen molar-refractivity contribution >= 4 is 11.6 Å². The van der Waals surface area contributed by atoms with Gasteiger partial charge < -0.3 is 0 Å². The molecule has 2 aliphatic rings. The molecular formula is C25H26ClF3. The highest BCUT2D eigenvalue weighted by Crippen LogP contribution is 2.55. The summed E-state index contributed by atoms with van der Waals surface area (Å²) in [5, 5.41) is 0.129. The number of hydrogen-bond donors (Lipinski definition) is 0. The van der Waals surface area contributed by atoms with Gasteiger partial charge in [0.1, 0.15) is 17.5 Å². The Morgan fingerprint density at radius 3 is 2.62 bits per heavy atom. The smallest absolute Gasteiger partial charge is 0.142 e. The summed E-state index contributed by atoms with van der Waals surface area (Å²) in [5.74, 6) is -0.363. The van der Waals surface area contributed by atoms with Crippen LogP contribution >= 0.6 is 11.6 Å². The van der Waals surface area contributed by atoms with Gasteiger partial charge in [-0.25, -0.2) is 13.2 Å². The van der Waals surface area contributed by atoms with Crippen LogP contribution in [0.15, 0.2) is 42.5 Å². The van der Waals surface area contributed by atoms with Gasteiger partial charge in [-0.05, 0) is 104 Å². The topological polar surface area (TPSA) is 0 Å². The fraction of sp³-hybridized carbons (Fsp3) is 0.440. The molecule has 4 rings (SSSR count). The van der Waals surface area contributed by atoms with Crippen molar-refractivity contribution in [3.8, 4) is 0 Å². The molecule has 1 fully saturated rings. The molecule has 0 N–H and O–H groups in total. The molecule has 2 aliphatic carbocycles. The first kappa shape index (κ1) is 20.5. The Morgan fingerprint density at radius 1 is 1.03 bits per heavy atom. The lowest BCUT2D eigenvalue weighted by Crippen LogP contribution is -2.35. The SMILES string of the molecule is CC=CCC[C@@H]1CC[C@H]2c3cc(F)cc(F)c3CC[C@@H]2[C@H]1c1ccc(Cl)c(F)c1. The molecule has 0 amide bonds. The Kier molecular flexibility index (Phi) is 6.06. The molecule has 0 radical (unpaired) electrons. The van der Waals surface area contributed by atoms with Crippen LogP contribution in [0.25, 0.3) is 0 Å². The predicted molar refractivity (Wildman–Crippen MR) is 112 cm³/mol. The van der Waals surface area contributed by atoms with Crippen LogP contribution < -0.4 is 0 Å². The first-order valence-corrected chi connectivity index (χ1v) is 10.9. The van der Waals surface area contributed by atoms with Gasteiger partial charge in [0.15, 0.2) is 0 Å². The molecule has 2 aromatic carbocycles. The van der Waals surface area contributed by atoms with Gasteiger partial charge in [0.25, 0.3) is 0 Å². The van der Waals surface area contributed by atoms with Gasteiger partial charge in [-0.1, -0.05) is 29.8 Å². The van der Waals surface area contributed by atoms with Crippen molar-refractivity contribution < 1.29 is 13.2 Å². The van der Waals surface area contributed by atoms with Crippen LogP contribution in [0.5, 0.6) is 0 Å². The van der Waals surface area contributed by atoms with E-state index >= 15 is 0 Å². The molecule has 154 valence electrons. The Morgan fingerprint density at radius 2 is 1.86 bits per heavy atom. The van der Waals surface area contributed by atoms with Crippen molar-refractivity contribution in [1.29, 1.82) is 0 Å². The Bertz CT molecular complexity index is 921. The van der Waals surface area contributed by atoms with E-state index in [0.29, 0.717) is 17.9 Å². The summed E-state index contributed by atoms with van der Waals surface area (Å²) in [6.07, 6.45) is 9.61. The highest BCUT2D eigenvalue weighted by atomic mass is 35.5. The van der Waals surface area contributed by atoms with E-state index in [0.717, 1.165) is 49.3 Å². The van der Waals surface area contributed by atoms with Crippen molar-refractivity contribution in [3.63, 3.8) is 0 Å². The maximum absolute atomic E-state index is 14.4. The van der Waals surface area contributed by atoms with E-state index in [4.69, 9.17) is 11.6 Å². The van der Waals surface area contributed by atoms with Crippen molar-refractivity contribution in [2.45, 2.75) is 57.3 Å². The van der Waals surface area contributed by atoms with E-state index in [1.807, 2.05) is 13.0 Å². The van der Waals surface area contributed by atoms with Crippen molar-refractivity contribution in [2.24, 2.45) is 11.8 Å². The summed E-state index contributed by atoms with van der Waals surface area (Å²) in [7, 11) is 0. The number of allylic oxidation sites excluding steroid dienone is 2. The minimum Gasteiger partial charge on any atom is -0.207 e. The molecule has 1 saturated carbocycles. The monoisotopic (exact) mass is 418 g/mol. The van der Waals surface area contributed by atoms with E-state index in [2.05, 4.69) is 12.2 Å². The normalized spacial score (nSPS) is 26.4. The third kappa shape index (κ3) is 3.99. The van der Waals surface area contributed by atoms with Gasteiger partial charge in [-0.2, -0.15) is 0 Å². The average molecular weight is 419 g/mol. The highest BCUT2D eigenvalue weighted by Gasteiger charge is 2.43. The van der Waals surface area contributed by atoms with Crippen LogP contribution in [-0.4, -0.2) is 0 Å². The summed E-state index contributed by atoms with van der Waals surface area (Å²) in [5.41, 5.74) is 2.46. The minimum absolute atomic E-state index is 0.116. The number of benzene rings is 2. The third-order valence-corrected chi connectivity index (χ3v) is 7.23. The summed E-state index contributed by atoms with van der Waals surface area (Å²) < 4.78 is 42.7. The van der Waals surface area contributed by atoms with Crippen molar-refractivity contribution in [2.75, 3.05) is 0 Å². The molecular weight excluding hydrogens is 393 g/mol. The molecule has 0 spiro atoms. The number of fused-ring (bicyclic) bond motifs is 3. The molecule has 0 nitrogen and oxygen atoms in total. The highest BCUT2D eigenvalue weighted by molar-refractivity contribution is 6.30. The largest absolute Gasteiger partial charge is 0.207 e. The van der Waals surface area contributed by atoms with E-state index in [1.54, 1.807) is 12.1 Å². The van der Waals surface area contributed by atoms with Gasteiger partial charge in [0.05, 0.1) is 5.02 Å². The van der Waals surface area contributed by atoms with Gasteiger partial charge in [0, 0.05) is 6.07 Å². The van der Waals surface area contributed by atoms with Gasteiger partial charge in [-0.3, -0.25) is 0 Å². The van der Waals surface area contributed by atoms with Crippen LogP contribution in [0.2, 0.25) is 5.02 Å². The van der Waals surface area contributed by atoms with Gasteiger partial charge in [-0.15, -0.1) is 0 Å². The van der Waals surface area contributed by atoms with Crippen LogP contribution in [0.3, 0.4) is 0 Å². The summed E-state index contributed by atoms with van der Waals surface area (Å²) in [6, 6.07) is 7.65. The second kappa shape index (κ2) is 8.55. The van der Waals surface area contributed by atoms with Crippen LogP contribution in [-0.2, 0) is 6.42 Å². The lowest BCUT2D eigenvalue weighted by atomic mass is 9.57. The molecule has 4 atom stereocenters. The molecule has 4 heteroatoms. The third-order valence-electron chi connectivity index (χ3n) is 6.92. The van der Waals surface area contributed by atoms with Crippen molar-refractivity contribution in [1.82, 2.24) is 0 Å². The predicted octanol–water partition coefficient (Wildman–Crippen LogP) is 7.95. The average Bonchev–Trinajstić information content (AvgIpc) is 2.69. The molecule has 0 bridgehead atoms. The summed E-state index contributed by atoms with van der Waals surface area (Å²) in [4.78, 5) is 0. The van der Waals surface area contributed by atoms with Crippen molar-refractivity contribution in [3.05, 3.63) is 81.6 Å². The quantitative estimate of drug-likeness (QED) is 0.442. The van der Waals surface area contributed by atoms with E-state index < -0.39 is 17.5 Å². The second-order valence-corrected chi connectivity index (χ2v) is 8.85. The zero-order valence-electron chi connectivity index (χ0n) is 16.6. The molecule has 0 aliphatic heterocycles. The number of halogens is 4. The number of rotatable bonds is 4. The molecule has 0 saturated heterocycles. The molecule has 0 aromatic heterocycles. The Balaban J connectivity index is 1.73. The fourth-order valence-electron chi connectivity index (χ4n) is 5.72. The second-order valence-electron chi connectivity index (χ2n) is 8.45. The number of hydrogen-bond acceptors (Lipinski definition) is 0. The zero-order valence-corrected chi connectivity index (χ0v) is 17.4. The zero-order chi connectivity index (χ0) is 20.5. The van der Waals surface area contributed by atoms with E-state index in [9.17, 15) is 13.2 Å². The Labute approximate surface area is 175 Å². The Hall–Kier alpha value is -1.74. The molecule has 0 heterocycles. The molecule has 0 unspecified atom stereocenters. The summed E-state index contributed by atoms with van der Waals surface area (Å²) in [6.45, 7) is 2.02. The first-order chi connectivity index (χ1) is 14.0. The van der Waals surface area contributed by atoms with Crippen LogP contribution in [0.4, 0.5) is 13.2 Å². The fourth-order valence-corrected chi connectivity index (χ4v) is 5.84. The standard InChI is InChI=1S/C25H26ClF3/c1-2-3-4-5-15-6-8-18-20(25(15)16-7-11-22(26)24(29)12-16)10-9-19-21(18)13-17(27)14-23(19)28/h2-3,7,11-15,18,20,25H,4-6,8-10H2,1H3/t15-,18-,20+,25-/m1/s1. The lowest BCUT2D eigenvalue weighted by molar-refractivity contribution is 0.161. The van der Waals surface area contributed by atoms with Gasteiger partial charge >= 0.3 is 0 Å². The van der Waals surface area contributed by atoms with E-state index in [-0.39, 0.29) is 22.8 Å². The summed E-state index contributed by atoms with van der Waals surface area (Å²) >= 11 is 5.93. The maximum Gasteiger partial charge on any atom is 0.142 e. The van der Waals surface area contributed by atoms with Crippen LogP contribution in [0.1, 0.15) is 67.6 Å². The molecule has 2 aromatic rings. The first-order valence-electron chi connectivity index (χ1n) is 10.5. The van der Waals surface area contributed by atoms with Gasteiger partial charge in [0.2, 0.25) is 0 Å². The lowest BCUT2D eigenvalue weighted by Gasteiger charge is -2.47. The minimum atomic E-state index is -0.508. The van der Waals surface area contributed by atoms with E-state index in [1.165, 1.54) is 6.07 Å². The van der Waals surface area contributed by atoms with Crippen LogP contribution in [0, 0.1) is 29.3 Å². The molecule has 29 heavy (non-hydrogen) atoms.